The molecule has 1 saturated heterocycles. The number of aryl methyl sites for hydroxylation is 2. The monoisotopic (exact) mass is 477 g/mol. The third kappa shape index (κ3) is 4.98. The lowest BCUT2D eigenvalue weighted by Crippen LogP contribution is -2.35. The molecule has 1 atom stereocenters. The Kier molecular flexibility index (Phi) is 6.34. The van der Waals surface area contributed by atoms with Crippen molar-refractivity contribution in [1.29, 1.82) is 0 Å². The molecular weight excluding hydrogens is 455 g/mol. The maximum Gasteiger partial charge on any atom is 0.416 e. The topological polar surface area (TPSA) is 63.1 Å². The predicted octanol–water partition coefficient (Wildman–Crippen LogP) is 5.98. The van der Waals surface area contributed by atoms with Crippen LogP contribution >= 0.6 is 11.6 Å². The average Bonchev–Trinajstić information content (AvgIpc) is 3.37. The highest BCUT2D eigenvalue weighted by atomic mass is 35.5. The fraction of sp³-hybridized carbons (Fsp3) is 0.348. The molecule has 2 heterocycles. The minimum atomic E-state index is -4.43. The van der Waals surface area contributed by atoms with Gasteiger partial charge < -0.3 is 14.8 Å². The number of aromatic nitrogens is 3. The summed E-state index contributed by atoms with van der Waals surface area (Å²) in [4.78, 5) is 14.7. The molecule has 2 amide bonds. The molecule has 0 spiro atoms. The Morgan fingerprint density at radius 3 is 2.55 bits per heavy atom. The van der Waals surface area contributed by atoms with E-state index < -0.39 is 11.7 Å². The first-order valence-corrected chi connectivity index (χ1v) is 10.9. The molecule has 0 radical (unpaired) electrons. The second-order valence-electron chi connectivity index (χ2n) is 8.13. The zero-order valence-electron chi connectivity index (χ0n) is 18.2. The van der Waals surface area contributed by atoms with Crippen molar-refractivity contribution >= 4 is 23.3 Å². The molecule has 174 valence electrons. The van der Waals surface area contributed by atoms with Gasteiger partial charge in [0.2, 0.25) is 0 Å². The molecule has 1 aromatic heterocycles. The van der Waals surface area contributed by atoms with Crippen LogP contribution in [0.2, 0.25) is 5.02 Å². The summed E-state index contributed by atoms with van der Waals surface area (Å²) in [6.07, 6.45) is -2.92. The van der Waals surface area contributed by atoms with Gasteiger partial charge in [-0.25, -0.2) is 4.79 Å². The number of halogens is 4. The van der Waals surface area contributed by atoms with E-state index in [2.05, 4.69) is 15.5 Å². The molecular formula is C23H23ClF3N5O. The number of hydrogen-bond donors (Lipinski definition) is 1. The molecule has 1 N–H and O–H groups in total. The van der Waals surface area contributed by atoms with Crippen LogP contribution in [0.4, 0.5) is 23.7 Å². The quantitative estimate of drug-likeness (QED) is 0.502. The van der Waals surface area contributed by atoms with E-state index in [-0.39, 0.29) is 12.1 Å². The number of likely N-dealkylation sites (tertiary alicyclic amines) is 1. The summed E-state index contributed by atoms with van der Waals surface area (Å²) in [6.45, 7) is 4.45. The van der Waals surface area contributed by atoms with E-state index in [1.54, 1.807) is 11.8 Å². The Morgan fingerprint density at radius 1 is 1.15 bits per heavy atom. The van der Waals surface area contributed by atoms with Crippen LogP contribution in [-0.2, 0) is 12.7 Å². The third-order valence-electron chi connectivity index (χ3n) is 5.83. The minimum Gasteiger partial charge on any atom is -0.314 e. The summed E-state index contributed by atoms with van der Waals surface area (Å²) >= 11 is 5.98. The highest BCUT2D eigenvalue weighted by molar-refractivity contribution is 6.30. The van der Waals surface area contributed by atoms with E-state index in [0.29, 0.717) is 35.2 Å². The molecule has 6 nitrogen and oxygen atoms in total. The molecule has 1 aliphatic rings. The van der Waals surface area contributed by atoms with Crippen LogP contribution in [0, 0.1) is 13.8 Å². The number of hydrogen-bond acceptors (Lipinski definition) is 3. The van der Waals surface area contributed by atoms with E-state index in [9.17, 15) is 18.0 Å². The molecule has 0 aliphatic carbocycles. The number of anilines is 1. The number of alkyl halides is 3. The molecule has 4 rings (SSSR count). The number of amides is 2. The lowest BCUT2D eigenvalue weighted by atomic mass is 10.1. The van der Waals surface area contributed by atoms with E-state index in [4.69, 9.17) is 11.6 Å². The number of rotatable bonds is 4. The van der Waals surface area contributed by atoms with Crippen molar-refractivity contribution in [3.05, 3.63) is 75.8 Å². The lowest BCUT2D eigenvalue weighted by Gasteiger charge is -2.25. The second-order valence-corrected chi connectivity index (χ2v) is 8.56. The zero-order chi connectivity index (χ0) is 23.8. The highest BCUT2D eigenvalue weighted by Crippen LogP contribution is 2.34. The molecule has 0 unspecified atom stereocenters. The van der Waals surface area contributed by atoms with Gasteiger partial charge >= 0.3 is 12.2 Å². The van der Waals surface area contributed by atoms with Crippen molar-refractivity contribution in [2.75, 3.05) is 11.9 Å². The van der Waals surface area contributed by atoms with Gasteiger partial charge in [0.15, 0.2) is 5.82 Å². The first-order valence-electron chi connectivity index (χ1n) is 10.5. The Bertz CT molecular complexity index is 1160. The van der Waals surface area contributed by atoms with Gasteiger partial charge in [-0.1, -0.05) is 23.7 Å². The van der Waals surface area contributed by atoms with Gasteiger partial charge in [-0.05, 0) is 68.1 Å². The number of urea groups is 1. The summed E-state index contributed by atoms with van der Waals surface area (Å²) in [5.74, 6) is 1.41. The second kappa shape index (κ2) is 9.05. The minimum absolute atomic E-state index is 0.284. The van der Waals surface area contributed by atoms with Gasteiger partial charge in [0, 0.05) is 17.3 Å². The fourth-order valence-electron chi connectivity index (χ4n) is 4.06. The van der Waals surface area contributed by atoms with Gasteiger partial charge in [0.1, 0.15) is 5.82 Å². The molecule has 33 heavy (non-hydrogen) atoms. The summed E-state index contributed by atoms with van der Waals surface area (Å²) in [6, 6.07) is 10.1. The molecule has 0 bridgehead atoms. The predicted molar refractivity (Wildman–Crippen MR) is 119 cm³/mol. The Balaban J connectivity index is 1.54. The van der Waals surface area contributed by atoms with E-state index in [1.165, 1.54) is 6.07 Å². The molecule has 0 saturated carbocycles. The summed E-state index contributed by atoms with van der Waals surface area (Å²) in [7, 11) is 0. The van der Waals surface area contributed by atoms with Crippen LogP contribution in [0.15, 0.2) is 42.5 Å². The number of carbonyl (C=O) groups is 1. The molecule has 3 aromatic rings. The lowest BCUT2D eigenvalue weighted by molar-refractivity contribution is -0.137. The summed E-state index contributed by atoms with van der Waals surface area (Å²) < 4.78 is 40.8. The van der Waals surface area contributed by atoms with Crippen molar-refractivity contribution in [2.45, 2.75) is 45.5 Å². The van der Waals surface area contributed by atoms with Crippen LogP contribution in [0.5, 0.6) is 0 Å². The maximum atomic E-state index is 13.1. The average molecular weight is 478 g/mol. The van der Waals surface area contributed by atoms with Crippen LogP contribution in [0.1, 0.15) is 47.2 Å². The van der Waals surface area contributed by atoms with Crippen LogP contribution in [0.25, 0.3) is 0 Å². The molecule has 2 aromatic carbocycles. The highest BCUT2D eigenvalue weighted by Gasteiger charge is 2.35. The Morgan fingerprint density at radius 2 is 1.88 bits per heavy atom. The number of carbonyl (C=O) groups excluding carboxylic acids is 1. The van der Waals surface area contributed by atoms with Crippen molar-refractivity contribution in [1.82, 2.24) is 19.7 Å². The number of nitrogens with one attached hydrogen (secondary N) is 1. The fourth-order valence-corrected chi connectivity index (χ4v) is 4.18. The first-order chi connectivity index (χ1) is 15.6. The third-order valence-corrected chi connectivity index (χ3v) is 6.08. The van der Waals surface area contributed by atoms with Crippen molar-refractivity contribution < 1.29 is 18.0 Å². The first kappa shape index (κ1) is 23.1. The van der Waals surface area contributed by atoms with Crippen molar-refractivity contribution in [3.8, 4) is 0 Å². The molecule has 10 heteroatoms. The largest absolute Gasteiger partial charge is 0.416 e. The van der Waals surface area contributed by atoms with Gasteiger partial charge in [0.05, 0.1) is 18.2 Å². The number of benzene rings is 2. The summed E-state index contributed by atoms with van der Waals surface area (Å²) in [5.41, 5.74) is 0.967. The maximum absolute atomic E-state index is 13.1. The van der Waals surface area contributed by atoms with Crippen LogP contribution in [0.3, 0.4) is 0 Å². The van der Waals surface area contributed by atoms with E-state index in [1.807, 2.05) is 35.8 Å². The normalized spacial score (nSPS) is 16.3. The van der Waals surface area contributed by atoms with Crippen molar-refractivity contribution in [3.63, 3.8) is 0 Å². The van der Waals surface area contributed by atoms with Gasteiger partial charge in [-0.2, -0.15) is 13.2 Å². The summed E-state index contributed by atoms with van der Waals surface area (Å²) in [5, 5.41) is 12.0. The van der Waals surface area contributed by atoms with Gasteiger partial charge in [-0.3, -0.25) is 0 Å². The molecule has 1 fully saturated rings. The van der Waals surface area contributed by atoms with E-state index in [0.717, 1.165) is 36.4 Å². The smallest absolute Gasteiger partial charge is 0.314 e. The Labute approximate surface area is 194 Å². The van der Waals surface area contributed by atoms with Gasteiger partial charge in [-0.15, -0.1) is 10.2 Å². The van der Waals surface area contributed by atoms with Crippen LogP contribution in [-0.4, -0.2) is 32.2 Å². The van der Waals surface area contributed by atoms with Gasteiger partial charge in [0.25, 0.3) is 0 Å². The standard InChI is InChI=1S/C23H23ClF3N5O/c1-14-12-17(23(25,26)27)7-10-19(14)28-22(33)31-11-3-4-20(31)21-30-29-15(2)32(21)13-16-5-8-18(24)9-6-16/h5-10,12,20H,3-4,11,13H2,1-2H3,(H,28,33)/t20-/m1/s1. The van der Waals surface area contributed by atoms with Crippen LogP contribution < -0.4 is 5.32 Å². The Hall–Kier alpha value is -3.07. The number of nitrogens with zero attached hydrogens (tertiary/aromatic N) is 4. The van der Waals surface area contributed by atoms with Crippen molar-refractivity contribution in [2.24, 2.45) is 0 Å². The molecule has 1 aliphatic heterocycles. The zero-order valence-corrected chi connectivity index (χ0v) is 18.9. The van der Waals surface area contributed by atoms with E-state index >= 15 is 0 Å². The SMILES string of the molecule is Cc1cc(C(F)(F)F)ccc1NC(=O)N1CCC[C@@H]1c1nnc(C)n1Cc1ccc(Cl)cc1.